The van der Waals surface area contributed by atoms with Crippen molar-refractivity contribution < 1.29 is 0 Å². The molecule has 0 aromatic carbocycles. The Morgan fingerprint density at radius 3 is 2.75 bits per heavy atom. The zero-order valence-electron chi connectivity index (χ0n) is 8.77. The maximum absolute atomic E-state index is 5.55. The van der Waals surface area contributed by atoms with Crippen molar-refractivity contribution in [3.63, 3.8) is 0 Å². The van der Waals surface area contributed by atoms with E-state index in [9.17, 15) is 0 Å². The van der Waals surface area contributed by atoms with Gasteiger partial charge in [0.2, 0.25) is 5.95 Å². The summed E-state index contributed by atoms with van der Waals surface area (Å²) >= 11 is 1.60. The van der Waals surface area contributed by atoms with Gasteiger partial charge in [-0.1, -0.05) is 0 Å². The first-order valence-corrected chi connectivity index (χ1v) is 5.56. The average Bonchev–Trinajstić information content (AvgIpc) is 2.60. The van der Waals surface area contributed by atoms with Gasteiger partial charge in [0, 0.05) is 17.1 Å². The van der Waals surface area contributed by atoms with Gasteiger partial charge in [0.1, 0.15) is 16.6 Å². The van der Waals surface area contributed by atoms with Crippen molar-refractivity contribution in [3.05, 3.63) is 22.1 Å². The number of hydrogen-bond acceptors (Lipinski definition) is 7. The van der Waals surface area contributed by atoms with Crippen molar-refractivity contribution in [2.45, 2.75) is 13.5 Å². The zero-order valence-corrected chi connectivity index (χ0v) is 9.58. The van der Waals surface area contributed by atoms with Crippen LogP contribution in [0.1, 0.15) is 10.7 Å². The van der Waals surface area contributed by atoms with Crippen LogP contribution in [0.3, 0.4) is 0 Å². The molecule has 5 N–H and O–H groups in total. The van der Waals surface area contributed by atoms with Crippen molar-refractivity contribution in [2.24, 2.45) is 0 Å². The number of nitrogens with zero attached hydrogens (tertiary/aromatic N) is 3. The predicted octanol–water partition coefficient (Wildman–Crippen LogP) is 1.02. The largest absolute Gasteiger partial charge is 0.383 e. The van der Waals surface area contributed by atoms with Crippen LogP contribution in [-0.2, 0) is 6.54 Å². The van der Waals surface area contributed by atoms with Gasteiger partial charge >= 0.3 is 0 Å². The molecule has 84 valence electrons. The molecule has 7 heteroatoms. The first-order chi connectivity index (χ1) is 7.63. The third-order valence-corrected chi connectivity index (χ3v) is 2.82. The fraction of sp³-hybridized carbons (Fsp3) is 0.222. The van der Waals surface area contributed by atoms with Gasteiger partial charge in [-0.2, -0.15) is 9.97 Å². The summed E-state index contributed by atoms with van der Waals surface area (Å²) < 4.78 is 0. The molecule has 2 heterocycles. The Hall–Kier alpha value is -1.89. The highest BCUT2D eigenvalue weighted by Crippen LogP contribution is 2.13. The maximum Gasteiger partial charge on any atom is 0.223 e. The Bertz CT molecular complexity index is 474. The summed E-state index contributed by atoms with van der Waals surface area (Å²) in [5.74, 6) is 1.13. The van der Waals surface area contributed by atoms with E-state index in [1.165, 1.54) is 0 Å². The summed E-state index contributed by atoms with van der Waals surface area (Å²) in [6.45, 7) is 2.56. The lowest BCUT2D eigenvalue weighted by atomic mass is 10.5. The first-order valence-electron chi connectivity index (χ1n) is 4.68. The van der Waals surface area contributed by atoms with Crippen molar-refractivity contribution in [1.82, 2.24) is 15.0 Å². The average molecular weight is 236 g/mol. The van der Waals surface area contributed by atoms with E-state index in [0.717, 1.165) is 10.7 Å². The lowest BCUT2D eigenvalue weighted by molar-refractivity contribution is 1.05. The van der Waals surface area contributed by atoms with E-state index in [2.05, 4.69) is 20.3 Å². The van der Waals surface area contributed by atoms with E-state index in [-0.39, 0.29) is 5.95 Å². The third kappa shape index (κ3) is 2.57. The number of rotatable bonds is 3. The second kappa shape index (κ2) is 4.31. The molecule has 2 aromatic heterocycles. The van der Waals surface area contributed by atoms with Crippen LogP contribution in [0.2, 0.25) is 0 Å². The summed E-state index contributed by atoms with van der Waals surface area (Å²) in [5.41, 5.74) is 12.0. The number of thiazole rings is 1. The third-order valence-electron chi connectivity index (χ3n) is 1.85. The molecule has 2 aromatic rings. The topological polar surface area (TPSA) is 103 Å². The van der Waals surface area contributed by atoms with Crippen LogP contribution in [0.5, 0.6) is 0 Å². The van der Waals surface area contributed by atoms with E-state index in [4.69, 9.17) is 11.5 Å². The van der Waals surface area contributed by atoms with Gasteiger partial charge in [-0.3, -0.25) is 0 Å². The van der Waals surface area contributed by atoms with Gasteiger partial charge in [0.25, 0.3) is 0 Å². The van der Waals surface area contributed by atoms with Crippen LogP contribution in [0.15, 0.2) is 11.4 Å². The van der Waals surface area contributed by atoms with E-state index < -0.39 is 0 Å². The SMILES string of the molecule is Cc1csc(CNc2cc(N)nc(N)n2)n1. The highest BCUT2D eigenvalue weighted by molar-refractivity contribution is 7.09. The van der Waals surface area contributed by atoms with Gasteiger partial charge in [0.05, 0.1) is 6.54 Å². The number of nitrogens with one attached hydrogen (secondary N) is 1. The molecule has 0 aliphatic rings. The maximum atomic E-state index is 5.55. The molecule has 0 aliphatic carbocycles. The molecular weight excluding hydrogens is 224 g/mol. The summed E-state index contributed by atoms with van der Waals surface area (Å²) in [6.07, 6.45) is 0. The molecule has 0 fully saturated rings. The van der Waals surface area contributed by atoms with Crippen molar-refractivity contribution in [2.75, 3.05) is 16.8 Å². The second-order valence-electron chi connectivity index (χ2n) is 3.27. The normalized spacial score (nSPS) is 10.3. The number of nitrogen functional groups attached to an aromatic ring is 2. The minimum atomic E-state index is 0.165. The van der Waals surface area contributed by atoms with E-state index in [1.807, 2.05) is 12.3 Å². The summed E-state index contributed by atoms with van der Waals surface area (Å²) in [7, 11) is 0. The lowest BCUT2D eigenvalue weighted by Crippen LogP contribution is -2.06. The van der Waals surface area contributed by atoms with Crippen LogP contribution in [-0.4, -0.2) is 15.0 Å². The van der Waals surface area contributed by atoms with Crippen LogP contribution in [0.4, 0.5) is 17.6 Å². The van der Waals surface area contributed by atoms with Crippen molar-refractivity contribution in [1.29, 1.82) is 0 Å². The Morgan fingerprint density at radius 1 is 1.31 bits per heavy atom. The minimum absolute atomic E-state index is 0.165. The van der Waals surface area contributed by atoms with Gasteiger partial charge < -0.3 is 16.8 Å². The molecular formula is C9H12N6S. The van der Waals surface area contributed by atoms with Crippen LogP contribution in [0.25, 0.3) is 0 Å². The van der Waals surface area contributed by atoms with E-state index >= 15 is 0 Å². The Kier molecular flexibility index (Phi) is 2.86. The van der Waals surface area contributed by atoms with Gasteiger partial charge in [-0.15, -0.1) is 11.3 Å². The molecule has 0 atom stereocenters. The number of nitrogens with two attached hydrogens (primary N) is 2. The molecule has 0 spiro atoms. The fourth-order valence-electron chi connectivity index (χ4n) is 1.23. The monoisotopic (exact) mass is 236 g/mol. The zero-order chi connectivity index (χ0) is 11.5. The molecule has 0 saturated heterocycles. The Labute approximate surface area is 96.7 Å². The number of hydrogen-bond donors (Lipinski definition) is 3. The number of aromatic nitrogens is 3. The number of aryl methyl sites for hydroxylation is 1. The van der Waals surface area contributed by atoms with Gasteiger partial charge in [-0.05, 0) is 6.92 Å². The van der Waals surface area contributed by atoms with Crippen molar-refractivity contribution >= 4 is 28.9 Å². The van der Waals surface area contributed by atoms with Crippen LogP contribution < -0.4 is 16.8 Å². The molecule has 0 saturated carbocycles. The Morgan fingerprint density at radius 2 is 2.12 bits per heavy atom. The molecule has 0 bridgehead atoms. The summed E-state index contributed by atoms with van der Waals surface area (Å²) in [5, 5.41) is 6.09. The summed E-state index contributed by atoms with van der Waals surface area (Å²) in [4.78, 5) is 12.1. The highest BCUT2D eigenvalue weighted by Gasteiger charge is 2.01. The van der Waals surface area contributed by atoms with Crippen LogP contribution >= 0.6 is 11.3 Å². The lowest BCUT2D eigenvalue weighted by Gasteiger charge is -2.04. The molecule has 2 rings (SSSR count). The molecule has 0 aliphatic heterocycles. The van der Waals surface area contributed by atoms with E-state index in [1.54, 1.807) is 17.4 Å². The minimum Gasteiger partial charge on any atom is -0.383 e. The van der Waals surface area contributed by atoms with Crippen molar-refractivity contribution in [3.8, 4) is 0 Å². The number of anilines is 3. The summed E-state index contributed by atoms with van der Waals surface area (Å²) in [6, 6.07) is 1.64. The standard InChI is InChI=1S/C9H12N6S/c1-5-4-16-8(13-5)3-12-7-2-6(10)14-9(11)15-7/h2,4H,3H2,1H3,(H5,10,11,12,14,15). The molecule has 16 heavy (non-hydrogen) atoms. The molecule has 0 radical (unpaired) electrons. The Balaban J connectivity index is 2.04. The smallest absolute Gasteiger partial charge is 0.223 e. The fourth-order valence-corrected chi connectivity index (χ4v) is 1.94. The molecule has 0 amide bonds. The predicted molar refractivity (Wildman–Crippen MR) is 65.0 cm³/mol. The molecule has 0 unspecified atom stereocenters. The molecule has 6 nitrogen and oxygen atoms in total. The van der Waals surface area contributed by atoms with Gasteiger partial charge in [0.15, 0.2) is 0 Å². The van der Waals surface area contributed by atoms with Gasteiger partial charge in [-0.25, -0.2) is 4.98 Å². The van der Waals surface area contributed by atoms with E-state index in [0.29, 0.717) is 18.2 Å². The van der Waals surface area contributed by atoms with Crippen LogP contribution in [0, 0.1) is 6.92 Å². The highest BCUT2D eigenvalue weighted by atomic mass is 32.1. The first kappa shape index (κ1) is 10.6. The second-order valence-corrected chi connectivity index (χ2v) is 4.22. The quantitative estimate of drug-likeness (QED) is 0.735.